The number of hydrogen-bond donors (Lipinski definition) is 1. The van der Waals surface area contributed by atoms with Crippen LogP contribution in [0.15, 0.2) is 15.5 Å². The summed E-state index contributed by atoms with van der Waals surface area (Å²) >= 11 is 0. The van der Waals surface area contributed by atoms with Crippen molar-refractivity contribution in [1.29, 1.82) is 0 Å². The summed E-state index contributed by atoms with van der Waals surface area (Å²) in [7, 11) is 1.87. The molecule has 1 aromatic heterocycles. The summed E-state index contributed by atoms with van der Waals surface area (Å²) in [4.78, 5) is 9.51. The van der Waals surface area contributed by atoms with Crippen LogP contribution < -0.4 is 5.32 Å². The van der Waals surface area contributed by atoms with E-state index in [1.165, 1.54) is 37.9 Å². The molecule has 2 saturated heterocycles. The molecular weight excluding hydrogens is 276 g/mol. The van der Waals surface area contributed by atoms with Crippen molar-refractivity contribution < 1.29 is 4.42 Å². The van der Waals surface area contributed by atoms with Crippen LogP contribution in [0.1, 0.15) is 36.3 Å². The van der Waals surface area contributed by atoms with Crippen molar-refractivity contribution in [2.24, 2.45) is 4.99 Å². The summed E-state index contributed by atoms with van der Waals surface area (Å²) in [5.41, 5.74) is 1.22. The predicted molar refractivity (Wildman–Crippen MR) is 89.2 cm³/mol. The van der Waals surface area contributed by atoms with Crippen LogP contribution in [0.25, 0.3) is 0 Å². The maximum atomic E-state index is 5.59. The number of likely N-dealkylation sites (tertiary alicyclic amines) is 2. The Hall–Kier alpha value is -1.49. The van der Waals surface area contributed by atoms with Gasteiger partial charge in [0.15, 0.2) is 5.96 Å². The number of aryl methyl sites for hydroxylation is 2. The van der Waals surface area contributed by atoms with E-state index < -0.39 is 0 Å². The van der Waals surface area contributed by atoms with Gasteiger partial charge in [-0.2, -0.15) is 0 Å². The lowest BCUT2D eigenvalue weighted by molar-refractivity contribution is 0.249. The molecule has 3 heterocycles. The summed E-state index contributed by atoms with van der Waals surface area (Å²) in [5, 5.41) is 3.49. The Balaban J connectivity index is 1.55. The first-order chi connectivity index (χ1) is 10.7. The lowest BCUT2D eigenvalue weighted by Gasteiger charge is -2.25. The summed E-state index contributed by atoms with van der Waals surface area (Å²) in [5.74, 6) is 2.98. The highest BCUT2D eigenvalue weighted by atomic mass is 16.3. The molecule has 0 amide bonds. The van der Waals surface area contributed by atoms with E-state index in [4.69, 9.17) is 4.42 Å². The molecule has 1 atom stereocenters. The van der Waals surface area contributed by atoms with E-state index in [9.17, 15) is 0 Å². The second-order valence-electron chi connectivity index (χ2n) is 6.47. The van der Waals surface area contributed by atoms with Gasteiger partial charge in [0.1, 0.15) is 11.5 Å². The van der Waals surface area contributed by atoms with Crippen LogP contribution >= 0.6 is 0 Å². The molecule has 3 rings (SSSR count). The van der Waals surface area contributed by atoms with Crippen molar-refractivity contribution in [3.63, 3.8) is 0 Å². The van der Waals surface area contributed by atoms with Gasteiger partial charge in [0.05, 0.1) is 0 Å². The molecule has 0 aromatic carbocycles. The molecule has 0 radical (unpaired) electrons. The topological polar surface area (TPSA) is 44.0 Å². The number of nitrogens with zero attached hydrogens (tertiary/aromatic N) is 3. The van der Waals surface area contributed by atoms with Crippen molar-refractivity contribution in [3.8, 4) is 0 Å². The molecule has 22 heavy (non-hydrogen) atoms. The van der Waals surface area contributed by atoms with E-state index in [2.05, 4.69) is 26.2 Å². The van der Waals surface area contributed by atoms with Crippen molar-refractivity contribution in [1.82, 2.24) is 15.1 Å². The number of hydrogen-bond acceptors (Lipinski definition) is 3. The summed E-state index contributed by atoms with van der Waals surface area (Å²) < 4.78 is 5.59. The molecule has 0 saturated carbocycles. The molecule has 1 aromatic rings. The fourth-order valence-electron chi connectivity index (χ4n) is 3.70. The highest BCUT2D eigenvalue weighted by Crippen LogP contribution is 2.20. The summed E-state index contributed by atoms with van der Waals surface area (Å²) in [6.07, 6.45) is 3.98. The monoisotopic (exact) mass is 304 g/mol. The number of rotatable bonds is 3. The zero-order valence-corrected chi connectivity index (χ0v) is 14.1. The smallest absolute Gasteiger partial charge is 0.193 e. The average Bonchev–Trinajstić information content (AvgIpc) is 3.21. The SMILES string of the molecule is CN=C(NCc1cc(C)oc1C)N1CCC(N2CCCC2)C1. The van der Waals surface area contributed by atoms with Gasteiger partial charge in [-0.25, -0.2) is 0 Å². The van der Waals surface area contributed by atoms with E-state index in [1.807, 2.05) is 20.9 Å². The van der Waals surface area contributed by atoms with Crippen molar-refractivity contribution in [2.75, 3.05) is 33.2 Å². The van der Waals surface area contributed by atoms with E-state index >= 15 is 0 Å². The standard InChI is InChI=1S/C17H28N4O/c1-13-10-15(14(2)22-13)11-19-17(18-3)21-9-6-16(12-21)20-7-4-5-8-20/h10,16H,4-9,11-12H2,1-3H3,(H,18,19). The largest absolute Gasteiger partial charge is 0.466 e. The van der Waals surface area contributed by atoms with Crippen LogP contribution in [-0.4, -0.2) is 55.0 Å². The first-order valence-electron chi connectivity index (χ1n) is 8.43. The molecule has 2 fully saturated rings. The molecule has 5 heteroatoms. The van der Waals surface area contributed by atoms with Gasteiger partial charge in [-0.05, 0) is 52.3 Å². The van der Waals surface area contributed by atoms with Gasteiger partial charge in [0.25, 0.3) is 0 Å². The Morgan fingerprint density at radius 3 is 2.73 bits per heavy atom. The minimum absolute atomic E-state index is 0.707. The van der Waals surface area contributed by atoms with E-state index in [0.29, 0.717) is 6.04 Å². The lowest BCUT2D eigenvalue weighted by atomic mass is 10.2. The molecule has 0 spiro atoms. The molecule has 0 aliphatic carbocycles. The van der Waals surface area contributed by atoms with Gasteiger partial charge >= 0.3 is 0 Å². The number of guanidine groups is 1. The zero-order valence-electron chi connectivity index (χ0n) is 14.1. The van der Waals surface area contributed by atoms with Gasteiger partial charge in [0.2, 0.25) is 0 Å². The fourth-order valence-corrected chi connectivity index (χ4v) is 3.70. The molecular formula is C17H28N4O. The van der Waals surface area contributed by atoms with Crippen LogP contribution in [0, 0.1) is 13.8 Å². The van der Waals surface area contributed by atoms with Crippen LogP contribution in [-0.2, 0) is 6.54 Å². The molecule has 0 bridgehead atoms. The third kappa shape index (κ3) is 3.29. The van der Waals surface area contributed by atoms with Crippen LogP contribution in [0.2, 0.25) is 0 Å². The Morgan fingerprint density at radius 1 is 1.32 bits per heavy atom. The Bertz CT molecular complexity index is 531. The number of furan rings is 1. The first-order valence-corrected chi connectivity index (χ1v) is 8.43. The highest BCUT2D eigenvalue weighted by Gasteiger charge is 2.30. The Morgan fingerprint density at radius 2 is 2.09 bits per heavy atom. The maximum absolute atomic E-state index is 5.59. The predicted octanol–water partition coefficient (Wildman–Crippen LogP) is 2.14. The zero-order chi connectivity index (χ0) is 15.5. The first kappa shape index (κ1) is 15.4. The summed E-state index contributed by atoms with van der Waals surface area (Å²) in [6.45, 7) is 9.54. The molecule has 2 aliphatic rings. The van der Waals surface area contributed by atoms with Crippen LogP contribution in [0.5, 0.6) is 0 Å². The minimum Gasteiger partial charge on any atom is -0.466 e. The van der Waals surface area contributed by atoms with E-state index in [-0.39, 0.29) is 0 Å². The second kappa shape index (κ2) is 6.73. The molecule has 1 N–H and O–H groups in total. The van der Waals surface area contributed by atoms with Gasteiger partial charge in [0, 0.05) is 38.3 Å². The molecule has 1 unspecified atom stereocenters. The van der Waals surface area contributed by atoms with Crippen LogP contribution in [0.4, 0.5) is 0 Å². The maximum Gasteiger partial charge on any atom is 0.193 e. The van der Waals surface area contributed by atoms with Gasteiger partial charge in [-0.15, -0.1) is 0 Å². The normalized spacial score (nSPS) is 23.5. The van der Waals surface area contributed by atoms with Crippen molar-refractivity contribution >= 4 is 5.96 Å². The average molecular weight is 304 g/mol. The quantitative estimate of drug-likeness (QED) is 0.686. The number of aliphatic imine (C=N–C) groups is 1. The second-order valence-corrected chi connectivity index (χ2v) is 6.47. The molecule has 2 aliphatic heterocycles. The van der Waals surface area contributed by atoms with Gasteiger partial charge < -0.3 is 14.6 Å². The van der Waals surface area contributed by atoms with Crippen molar-refractivity contribution in [3.05, 3.63) is 23.2 Å². The van der Waals surface area contributed by atoms with Gasteiger partial charge in [-0.3, -0.25) is 9.89 Å². The fraction of sp³-hybridized carbons (Fsp3) is 0.706. The third-order valence-corrected chi connectivity index (χ3v) is 4.91. The van der Waals surface area contributed by atoms with Crippen LogP contribution in [0.3, 0.4) is 0 Å². The summed E-state index contributed by atoms with van der Waals surface area (Å²) in [6, 6.07) is 2.81. The third-order valence-electron chi connectivity index (χ3n) is 4.91. The lowest BCUT2D eigenvalue weighted by Crippen LogP contribution is -2.42. The van der Waals surface area contributed by atoms with E-state index in [0.717, 1.165) is 37.1 Å². The minimum atomic E-state index is 0.707. The van der Waals surface area contributed by atoms with Crippen molar-refractivity contribution in [2.45, 2.75) is 45.7 Å². The molecule has 122 valence electrons. The number of nitrogens with one attached hydrogen (secondary N) is 1. The van der Waals surface area contributed by atoms with Gasteiger partial charge in [-0.1, -0.05) is 0 Å². The Labute approximate surface area is 133 Å². The van der Waals surface area contributed by atoms with E-state index in [1.54, 1.807) is 0 Å². The molecule has 5 nitrogen and oxygen atoms in total. The highest BCUT2D eigenvalue weighted by molar-refractivity contribution is 5.80. The Kier molecular flexibility index (Phi) is 4.71.